The molecule has 0 fully saturated rings. The largest absolute Gasteiger partial charge is 0.324 e. The summed E-state index contributed by atoms with van der Waals surface area (Å²) >= 11 is 1.40. The maximum atomic E-state index is 13.2. The maximum absolute atomic E-state index is 13.2. The van der Waals surface area contributed by atoms with E-state index in [0.717, 1.165) is 21.6 Å². The first-order valence-corrected chi connectivity index (χ1v) is 11.0. The van der Waals surface area contributed by atoms with Crippen molar-refractivity contribution >= 4 is 32.8 Å². The van der Waals surface area contributed by atoms with Crippen LogP contribution in [0, 0.1) is 13.8 Å². The SMILES string of the molecule is Cc1cccc(S(=O)(=O)c2csc3c2NC(=O)C[C@@H]3c2ccccc2C)c1. The van der Waals surface area contributed by atoms with Crippen LogP contribution in [0.2, 0.25) is 0 Å². The molecular formula is C21H19NO3S2. The number of carbonyl (C=O) groups is 1. The van der Waals surface area contributed by atoms with Crippen LogP contribution in [-0.4, -0.2) is 14.3 Å². The molecule has 1 aliphatic heterocycles. The lowest BCUT2D eigenvalue weighted by Crippen LogP contribution is -2.23. The summed E-state index contributed by atoms with van der Waals surface area (Å²) < 4.78 is 26.4. The van der Waals surface area contributed by atoms with E-state index in [9.17, 15) is 13.2 Å². The monoisotopic (exact) mass is 397 g/mol. The van der Waals surface area contributed by atoms with Crippen molar-refractivity contribution in [2.24, 2.45) is 0 Å². The third kappa shape index (κ3) is 3.09. The van der Waals surface area contributed by atoms with Gasteiger partial charge in [-0.1, -0.05) is 36.4 Å². The Morgan fingerprint density at radius 1 is 1.07 bits per heavy atom. The van der Waals surface area contributed by atoms with Crippen molar-refractivity contribution in [2.75, 3.05) is 5.32 Å². The zero-order valence-electron chi connectivity index (χ0n) is 15.0. The molecule has 1 amide bonds. The highest BCUT2D eigenvalue weighted by Crippen LogP contribution is 2.46. The van der Waals surface area contributed by atoms with Gasteiger partial charge in [0.2, 0.25) is 15.7 Å². The Morgan fingerprint density at radius 3 is 2.59 bits per heavy atom. The normalized spacial score (nSPS) is 16.7. The van der Waals surface area contributed by atoms with Crippen molar-refractivity contribution < 1.29 is 13.2 Å². The lowest BCUT2D eigenvalue weighted by Gasteiger charge is -2.25. The Kier molecular flexibility index (Phi) is 4.40. The molecule has 1 aliphatic rings. The highest BCUT2D eigenvalue weighted by molar-refractivity contribution is 7.91. The molecule has 0 spiro atoms. The summed E-state index contributed by atoms with van der Waals surface area (Å²) in [6.45, 7) is 3.87. The number of sulfone groups is 1. The Hall–Kier alpha value is -2.44. The van der Waals surface area contributed by atoms with Crippen LogP contribution < -0.4 is 5.32 Å². The van der Waals surface area contributed by atoms with Crippen molar-refractivity contribution in [3.05, 3.63) is 75.5 Å². The minimum absolute atomic E-state index is 0.124. The van der Waals surface area contributed by atoms with E-state index in [4.69, 9.17) is 0 Å². The molecule has 1 N–H and O–H groups in total. The fourth-order valence-electron chi connectivity index (χ4n) is 3.54. The minimum atomic E-state index is -3.70. The van der Waals surface area contributed by atoms with Gasteiger partial charge in [-0.3, -0.25) is 4.79 Å². The topological polar surface area (TPSA) is 63.2 Å². The second-order valence-corrected chi connectivity index (χ2v) is 9.65. The molecule has 2 heterocycles. The highest BCUT2D eigenvalue weighted by Gasteiger charge is 2.34. The van der Waals surface area contributed by atoms with Gasteiger partial charge in [0.25, 0.3) is 0 Å². The van der Waals surface area contributed by atoms with Gasteiger partial charge in [-0.05, 0) is 42.7 Å². The second kappa shape index (κ2) is 6.62. The summed E-state index contributed by atoms with van der Waals surface area (Å²) in [5.74, 6) is -0.281. The number of anilines is 1. The number of hydrogen-bond donors (Lipinski definition) is 1. The summed E-state index contributed by atoms with van der Waals surface area (Å²) in [6, 6.07) is 14.8. The van der Waals surface area contributed by atoms with Crippen molar-refractivity contribution in [1.82, 2.24) is 0 Å². The predicted molar refractivity (Wildman–Crippen MR) is 107 cm³/mol. The van der Waals surface area contributed by atoms with E-state index in [1.54, 1.807) is 23.6 Å². The Labute approximate surface area is 162 Å². The van der Waals surface area contributed by atoms with Gasteiger partial charge in [0.15, 0.2) is 0 Å². The molecule has 6 heteroatoms. The summed E-state index contributed by atoms with van der Waals surface area (Å²) in [6.07, 6.45) is 0.322. The Balaban J connectivity index is 1.86. The maximum Gasteiger partial charge on any atom is 0.225 e. The van der Waals surface area contributed by atoms with Gasteiger partial charge in [-0.25, -0.2) is 8.42 Å². The molecule has 0 bridgehead atoms. The number of fused-ring (bicyclic) bond motifs is 1. The van der Waals surface area contributed by atoms with Crippen molar-refractivity contribution in [1.29, 1.82) is 0 Å². The van der Waals surface area contributed by atoms with Crippen LogP contribution in [-0.2, 0) is 14.6 Å². The molecule has 27 heavy (non-hydrogen) atoms. The molecule has 0 saturated heterocycles. The van der Waals surface area contributed by atoms with E-state index in [1.165, 1.54) is 11.3 Å². The van der Waals surface area contributed by atoms with E-state index in [2.05, 4.69) is 5.32 Å². The van der Waals surface area contributed by atoms with Crippen LogP contribution >= 0.6 is 11.3 Å². The van der Waals surface area contributed by atoms with E-state index in [1.807, 2.05) is 44.2 Å². The van der Waals surface area contributed by atoms with Crippen LogP contribution in [0.25, 0.3) is 0 Å². The van der Waals surface area contributed by atoms with E-state index in [-0.39, 0.29) is 21.6 Å². The van der Waals surface area contributed by atoms with Crippen molar-refractivity contribution in [3.63, 3.8) is 0 Å². The molecule has 0 saturated carbocycles. The molecule has 0 unspecified atom stereocenters. The fourth-order valence-corrected chi connectivity index (χ4v) is 6.54. The summed E-state index contributed by atoms with van der Waals surface area (Å²) in [5.41, 5.74) is 3.47. The van der Waals surface area contributed by atoms with Crippen molar-refractivity contribution in [3.8, 4) is 0 Å². The highest BCUT2D eigenvalue weighted by atomic mass is 32.2. The van der Waals surface area contributed by atoms with Gasteiger partial charge >= 0.3 is 0 Å². The summed E-state index contributed by atoms with van der Waals surface area (Å²) in [7, 11) is -3.70. The van der Waals surface area contributed by atoms with Crippen LogP contribution in [0.4, 0.5) is 5.69 Å². The third-order valence-corrected chi connectivity index (χ3v) is 7.93. The van der Waals surface area contributed by atoms with Crippen LogP contribution in [0.5, 0.6) is 0 Å². The quantitative estimate of drug-likeness (QED) is 0.698. The number of aryl methyl sites for hydroxylation is 2. The summed E-state index contributed by atoms with van der Waals surface area (Å²) in [5, 5.41) is 4.46. The molecule has 4 rings (SSSR count). The number of amides is 1. The smallest absolute Gasteiger partial charge is 0.225 e. The lowest BCUT2D eigenvalue weighted by atomic mass is 9.88. The molecular weight excluding hydrogens is 378 g/mol. The Bertz CT molecular complexity index is 1150. The van der Waals surface area contributed by atoms with E-state index >= 15 is 0 Å². The molecule has 2 aromatic carbocycles. The average molecular weight is 398 g/mol. The molecule has 138 valence electrons. The summed E-state index contributed by atoms with van der Waals surface area (Å²) in [4.78, 5) is 13.7. The van der Waals surface area contributed by atoms with Gasteiger partial charge in [0.05, 0.1) is 10.6 Å². The third-order valence-electron chi connectivity index (χ3n) is 4.91. The van der Waals surface area contributed by atoms with Gasteiger partial charge in [0.1, 0.15) is 4.90 Å². The molecule has 4 nitrogen and oxygen atoms in total. The van der Waals surface area contributed by atoms with Crippen LogP contribution in [0.15, 0.2) is 63.7 Å². The van der Waals surface area contributed by atoms with Gasteiger partial charge < -0.3 is 5.32 Å². The molecule has 1 atom stereocenters. The molecule has 3 aromatic rings. The van der Waals surface area contributed by atoms with Gasteiger partial charge in [0, 0.05) is 22.6 Å². The Morgan fingerprint density at radius 2 is 1.85 bits per heavy atom. The zero-order valence-corrected chi connectivity index (χ0v) is 16.7. The predicted octanol–water partition coefficient (Wildman–Crippen LogP) is 4.67. The fraction of sp³-hybridized carbons (Fsp3) is 0.190. The lowest BCUT2D eigenvalue weighted by molar-refractivity contribution is -0.116. The number of nitrogens with one attached hydrogen (secondary N) is 1. The van der Waals surface area contributed by atoms with Gasteiger partial charge in [-0.15, -0.1) is 11.3 Å². The van der Waals surface area contributed by atoms with E-state index < -0.39 is 9.84 Å². The standard InChI is InChI=1S/C21H19NO3S2/c1-13-6-5-8-15(10-13)27(24,25)18-12-26-21-17(11-19(23)22-20(18)21)16-9-4-3-7-14(16)2/h3-10,12,17H,11H2,1-2H3,(H,22,23)/t17-/m1/s1. The first-order chi connectivity index (χ1) is 12.9. The van der Waals surface area contributed by atoms with E-state index in [0.29, 0.717) is 12.1 Å². The second-order valence-electron chi connectivity index (χ2n) is 6.82. The van der Waals surface area contributed by atoms with Gasteiger partial charge in [-0.2, -0.15) is 0 Å². The molecule has 0 aliphatic carbocycles. The number of rotatable bonds is 3. The average Bonchev–Trinajstić information content (AvgIpc) is 3.06. The van der Waals surface area contributed by atoms with Crippen LogP contribution in [0.3, 0.4) is 0 Å². The first kappa shape index (κ1) is 17.9. The van der Waals surface area contributed by atoms with Crippen molar-refractivity contribution in [2.45, 2.75) is 36.0 Å². The minimum Gasteiger partial charge on any atom is -0.324 e. The van der Waals surface area contributed by atoms with Crippen LogP contribution in [0.1, 0.15) is 33.9 Å². The first-order valence-electron chi connectivity index (χ1n) is 8.66. The molecule has 0 radical (unpaired) electrons. The number of benzene rings is 2. The molecule has 1 aromatic heterocycles. The number of thiophene rings is 1. The zero-order chi connectivity index (χ0) is 19.2. The number of carbonyl (C=O) groups excluding carboxylic acids is 1. The number of hydrogen-bond acceptors (Lipinski definition) is 4.